The predicted octanol–water partition coefficient (Wildman–Crippen LogP) is 3.00. The molecule has 19 heavy (non-hydrogen) atoms. The zero-order valence-corrected chi connectivity index (χ0v) is 13.1. The molecular formula is C16H30N2O. The van der Waals surface area contributed by atoms with E-state index in [-0.39, 0.29) is 12.2 Å². The third-order valence-electron chi connectivity index (χ3n) is 4.77. The average Bonchev–Trinajstić information content (AvgIpc) is 2.67. The highest BCUT2D eigenvalue weighted by Crippen LogP contribution is 2.33. The highest BCUT2D eigenvalue weighted by Gasteiger charge is 2.45. The number of hydrogen-bond acceptors (Lipinski definition) is 2. The van der Waals surface area contributed by atoms with Crippen molar-refractivity contribution in [2.45, 2.75) is 78.6 Å². The van der Waals surface area contributed by atoms with Crippen molar-refractivity contribution in [1.82, 2.24) is 10.2 Å². The first kappa shape index (κ1) is 14.8. The number of amides is 1. The summed E-state index contributed by atoms with van der Waals surface area (Å²) < 4.78 is 0. The van der Waals surface area contributed by atoms with Crippen LogP contribution in [-0.4, -0.2) is 29.1 Å². The van der Waals surface area contributed by atoms with Crippen LogP contribution < -0.4 is 5.32 Å². The number of nitrogens with zero attached hydrogens (tertiary/aromatic N) is 1. The van der Waals surface area contributed by atoms with Gasteiger partial charge in [-0.25, -0.2) is 0 Å². The van der Waals surface area contributed by atoms with Crippen molar-refractivity contribution < 1.29 is 4.79 Å². The molecule has 2 rings (SSSR count). The molecule has 1 amide bonds. The smallest absolute Gasteiger partial charge is 0.241 e. The van der Waals surface area contributed by atoms with Crippen molar-refractivity contribution in [3.8, 4) is 0 Å². The molecular weight excluding hydrogens is 236 g/mol. The van der Waals surface area contributed by atoms with Crippen LogP contribution in [0.15, 0.2) is 0 Å². The molecule has 0 aromatic carbocycles. The van der Waals surface area contributed by atoms with Gasteiger partial charge in [0.2, 0.25) is 5.91 Å². The predicted molar refractivity (Wildman–Crippen MR) is 78.7 cm³/mol. The molecule has 1 saturated carbocycles. The molecule has 0 radical (unpaired) electrons. The van der Waals surface area contributed by atoms with E-state index in [4.69, 9.17) is 0 Å². The minimum absolute atomic E-state index is 0.0182. The molecule has 1 saturated heterocycles. The largest absolute Gasteiger partial charge is 0.323 e. The molecule has 4 atom stereocenters. The van der Waals surface area contributed by atoms with Crippen LogP contribution in [0.3, 0.4) is 0 Å². The fraction of sp³-hybridized carbons (Fsp3) is 0.938. The van der Waals surface area contributed by atoms with Gasteiger partial charge in [0, 0.05) is 6.04 Å². The van der Waals surface area contributed by atoms with Crippen LogP contribution in [0.5, 0.6) is 0 Å². The van der Waals surface area contributed by atoms with Gasteiger partial charge >= 0.3 is 0 Å². The Labute approximate surface area is 118 Å². The van der Waals surface area contributed by atoms with Gasteiger partial charge in [-0.15, -0.1) is 0 Å². The number of carbonyl (C=O) groups is 1. The third-order valence-corrected chi connectivity index (χ3v) is 4.77. The Bertz CT molecular complexity index is 327. The summed E-state index contributed by atoms with van der Waals surface area (Å²) in [6.45, 7) is 11.0. The van der Waals surface area contributed by atoms with Gasteiger partial charge in [-0.3, -0.25) is 10.1 Å². The first-order valence-corrected chi connectivity index (χ1v) is 8.00. The fourth-order valence-corrected chi connectivity index (χ4v) is 3.69. The Morgan fingerprint density at radius 1 is 1.16 bits per heavy atom. The van der Waals surface area contributed by atoms with Crippen LogP contribution in [0.25, 0.3) is 0 Å². The van der Waals surface area contributed by atoms with Gasteiger partial charge in [0.25, 0.3) is 0 Å². The molecule has 1 aliphatic heterocycles. The van der Waals surface area contributed by atoms with Gasteiger partial charge in [-0.2, -0.15) is 0 Å². The second-order valence-corrected chi connectivity index (χ2v) is 7.25. The molecule has 2 aliphatic rings. The molecule has 0 bridgehead atoms. The van der Waals surface area contributed by atoms with E-state index >= 15 is 0 Å². The molecule has 1 N–H and O–H groups in total. The molecule has 0 aromatic heterocycles. The first-order chi connectivity index (χ1) is 8.91. The summed E-state index contributed by atoms with van der Waals surface area (Å²) in [6, 6.07) is 0.476. The second-order valence-electron chi connectivity index (χ2n) is 7.25. The SMILES string of the molecule is CC1CCCC(N2C(=O)C(C(C)C)NC2C(C)C)C1. The summed E-state index contributed by atoms with van der Waals surface area (Å²) in [5, 5.41) is 3.58. The minimum Gasteiger partial charge on any atom is -0.323 e. The Balaban J connectivity index is 2.17. The van der Waals surface area contributed by atoms with Crippen molar-refractivity contribution in [2.75, 3.05) is 0 Å². The van der Waals surface area contributed by atoms with Crippen LogP contribution in [0.2, 0.25) is 0 Å². The third kappa shape index (κ3) is 2.96. The maximum atomic E-state index is 12.7. The molecule has 3 nitrogen and oxygen atoms in total. The van der Waals surface area contributed by atoms with E-state index in [1.807, 2.05) is 0 Å². The van der Waals surface area contributed by atoms with Crippen molar-refractivity contribution in [3.05, 3.63) is 0 Å². The Kier molecular flexibility index (Phi) is 4.54. The van der Waals surface area contributed by atoms with Crippen LogP contribution in [0, 0.1) is 17.8 Å². The van der Waals surface area contributed by atoms with Gasteiger partial charge in [-0.1, -0.05) is 47.5 Å². The molecule has 0 spiro atoms. The van der Waals surface area contributed by atoms with E-state index in [9.17, 15) is 4.79 Å². The standard InChI is InChI=1S/C16H30N2O/c1-10(2)14-16(19)18(15(17-14)11(3)4)13-8-6-7-12(5)9-13/h10-15,17H,6-9H2,1-5H3. The lowest BCUT2D eigenvalue weighted by Crippen LogP contribution is -2.48. The molecule has 4 unspecified atom stereocenters. The first-order valence-electron chi connectivity index (χ1n) is 8.00. The maximum absolute atomic E-state index is 12.7. The quantitative estimate of drug-likeness (QED) is 0.851. The average molecular weight is 266 g/mol. The summed E-state index contributed by atoms with van der Waals surface area (Å²) in [4.78, 5) is 14.9. The van der Waals surface area contributed by atoms with Crippen molar-refractivity contribution in [3.63, 3.8) is 0 Å². The Morgan fingerprint density at radius 3 is 2.37 bits per heavy atom. The van der Waals surface area contributed by atoms with Crippen LogP contribution >= 0.6 is 0 Å². The molecule has 3 heteroatoms. The normalized spacial score (nSPS) is 36.6. The number of rotatable bonds is 3. The molecule has 1 heterocycles. The highest BCUT2D eigenvalue weighted by molar-refractivity contribution is 5.85. The second kappa shape index (κ2) is 5.82. The molecule has 2 fully saturated rings. The van der Waals surface area contributed by atoms with E-state index in [1.54, 1.807) is 0 Å². The number of carbonyl (C=O) groups excluding carboxylic acids is 1. The molecule has 1 aliphatic carbocycles. The van der Waals surface area contributed by atoms with Crippen molar-refractivity contribution in [1.29, 1.82) is 0 Å². The van der Waals surface area contributed by atoms with Gasteiger partial charge in [-0.05, 0) is 30.6 Å². The van der Waals surface area contributed by atoms with Gasteiger partial charge in [0.1, 0.15) is 0 Å². The van der Waals surface area contributed by atoms with E-state index < -0.39 is 0 Å². The Hall–Kier alpha value is -0.570. The number of nitrogens with one attached hydrogen (secondary N) is 1. The van der Waals surface area contributed by atoms with E-state index in [0.29, 0.717) is 23.8 Å². The van der Waals surface area contributed by atoms with Gasteiger partial charge < -0.3 is 4.90 Å². The topological polar surface area (TPSA) is 32.3 Å². The lowest BCUT2D eigenvalue weighted by molar-refractivity contribution is -0.134. The van der Waals surface area contributed by atoms with Crippen molar-refractivity contribution in [2.24, 2.45) is 17.8 Å². The monoisotopic (exact) mass is 266 g/mol. The van der Waals surface area contributed by atoms with Crippen LogP contribution in [0.4, 0.5) is 0 Å². The molecule has 110 valence electrons. The fourth-order valence-electron chi connectivity index (χ4n) is 3.69. The lowest BCUT2D eigenvalue weighted by atomic mass is 9.85. The zero-order chi connectivity index (χ0) is 14.2. The zero-order valence-electron chi connectivity index (χ0n) is 13.1. The van der Waals surface area contributed by atoms with Crippen molar-refractivity contribution >= 4 is 5.91 Å². The number of hydrogen-bond donors (Lipinski definition) is 1. The summed E-state index contributed by atoms with van der Waals surface area (Å²) in [6.07, 6.45) is 5.20. The summed E-state index contributed by atoms with van der Waals surface area (Å²) in [5.74, 6) is 1.95. The molecule has 0 aromatic rings. The van der Waals surface area contributed by atoms with Crippen LogP contribution in [0.1, 0.15) is 60.3 Å². The van der Waals surface area contributed by atoms with Gasteiger partial charge in [0.15, 0.2) is 0 Å². The highest BCUT2D eigenvalue weighted by atomic mass is 16.2. The summed E-state index contributed by atoms with van der Waals surface area (Å²) >= 11 is 0. The van der Waals surface area contributed by atoms with E-state index in [0.717, 1.165) is 5.92 Å². The van der Waals surface area contributed by atoms with E-state index in [2.05, 4.69) is 44.8 Å². The van der Waals surface area contributed by atoms with Crippen LogP contribution in [-0.2, 0) is 4.79 Å². The maximum Gasteiger partial charge on any atom is 0.241 e. The lowest BCUT2D eigenvalue weighted by Gasteiger charge is -2.38. The summed E-state index contributed by atoms with van der Waals surface area (Å²) in [5.41, 5.74) is 0. The van der Waals surface area contributed by atoms with E-state index in [1.165, 1.54) is 25.7 Å². The van der Waals surface area contributed by atoms with Gasteiger partial charge in [0.05, 0.1) is 12.2 Å². The Morgan fingerprint density at radius 2 is 1.84 bits per heavy atom. The summed E-state index contributed by atoms with van der Waals surface area (Å²) in [7, 11) is 0. The minimum atomic E-state index is 0.0182.